The predicted molar refractivity (Wildman–Crippen MR) is 69.2 cm³/mol. The first-order valence-electron chi connectivity index (χ1n) is 6.72. The minimum atomic E-state index is -0.918. The van der Waals surface area contributed by atoms with Crippen LogP contribution >= 0.6 is 0 Å². The van der Waals surface area contributed by atoms with Gasteiger partial charge in [0.25, 0.3) is 0 Å². The Labute approximate surface area is 108 Å². The molecule has 2 aliphatic rings. The van der Waals surface area contributed by atoms with Gasteiger partial charge in [0.05, 0.1) is 0 Å². The van der Waals surface area contributed by atoms with Gasteiger partial charge in [0.15, 0.2) is 5.84 Å². The molecule has 0 aliphatic heterocycles. The van der Waals surface area contributed by atoms with Crippen LogP contribution in [0, 0.1) is 17.3 Å². The molecule has 0 radical (unpaired) electrons. The maximum Gasteiger partial charge on any atom is 0.235 e. The number of hydrogen-bond donors (Lipinski definition) is 2. The van der Waals surface area contributed by atoms with Crippen LogP contribution in [0.1, 0.15) is 39.5 Å². The second-order valence-corrected chi connectivity index (χ2v) is 6.21. The molecule has 1 amide bonds. The molecule has 18 heavy (non-hydrogen) atoms. The average molecular weight is 253 g/mol. The first-order chi connectivity index (χ1) is 8.45. The summed E-state index contributed by atoms with van der Waals surface area (Å²) in [5, 5.41) is 11.8. The standard InChI is InChI=1S/C13H23N3O2/c1-13(2,11(14)15-18)12(17)16(7-9-3-4-9)8-10-5-6-10/h9-10,18H,3-8H2,1-2H3,(H2,14,15). The van der Waals surface area contributed by atoms with Crippen LogP contribution in [0.3, 0.4) is 0 Å². The molecule has 5 nitrogen and oxygen atoms in total. The van der Waals surface area contributed by atoms with E-state index in [-0.39, 0.29) is 11.7 Å². The zero-order chi connectivity index (χ0) is 13.3. The maximum atomic E-state index is 12.5. The summed E-state index contributed by atoms with van der Waals surface area (Å²) in [7, 11) is 0. The van der Waals surface area contributed by atoms with E-state index in [1.54, 1.807) is 13.8 Å². The van der Waals surface area contributed by atoms with Crippen molar-refractivity contribution in [2.75, 3.05) is 13.1 Å². The van der Waals surface area contributed by atoms with E-state index < -0.39 is 5.41 Å². The highest BCUT2D eigenvalue weighted by Crippen LogP contribution is 2.35. The number of carbonyl (C=O) groups excluding carboxylic acids is 1. The van der Waals surface area contributed by atoms with Gasteiger partial charge in [-0.25, -0.2) is 0 Å². The van der Waals surface area contributed by atoms with E-state index in [0.29, 0.717) is 11.8 Å². The topological polar surface area (TPSA) is 78.9 Å². The normalized spacial score (nSPS) is 20.9. The summed E-state index contributed by atoms with van der Waals surface area (Å²) in [6, 6.07) is 0. The van der Waals surface area contributed by atoms with Gasteiger partial charge in [-0.3, -0.25) is 4.79 Å². The van der Waals surface area contributed by atoms with Crippen LogP contribution in [0.5, 0.6) is 0 Å². The minimum absolute atomic E-state index is 0.0101. The summed E-state index contributed by atoms with van der Waals surface area (Å²) in [5.74, 6) is 1.30. The summed E-state index contributed by atoms with van der Waals surface area (Å²) in [6.07, 6.45) is 4.88. The van der Waals surface area contributed by atoms with E-state index in [4.69, 9.17) is 10.9 Å². The van der Waals surface area contributed by atoms with Gasteiger partial charge in [-0.05, 0) is 51.4 Å². The molecule has 0 spiro atoms. The van der Waals surface area contributed by atoms with Gasteiger partial charge in [0, 0.05) is 13.1 Å². The van der Waals surface area contributed by atoms with E-state index in [1.807, 2.05) is 4.90 Å². The zero-order valence-corrected chi connectivity index (χ0v) is 11.2. The molecule has 0 aromatic rings. The fourth-order valence-corrected chi connectivity index (χ4v) is 2.09. The van der Waals surface area contributed by atoms with Crippen molar-refractivity contribution < 1.29 is 10.0 Å². The number of nitrogens with two attached hydrogens (primary N) is 1. The maximum absolute atomic E-state index is 12.5. The minimum Gasteiger partial charge on any atom is -0.409 e. The van der Waals surface area contributed by atoms with Crippen molar-refractivity contribution in [1.29, 1.82) is 0 Å². The van der Waals surface area contributed by atoms with Crippen molar-refractivity contribution in [3.05, 3.63) is 0 Å². The fraction of sp³-hybridized carbons (Fsp3) is 0.846. The molecule has 2 fully saturated rings. The lowest BCUT2D eigenvalue weighted by Gasteiger charge is -2.31. The average Bonchev–Trinajstić information content (AvgIpc) is 3.20. The monoisotopic (exact) mass is 253 g/mol. The quantitative estimate of drug-likeness (QED) is 0.325. The number of nitrogens with zero attached hydrogens (tertiary/aromatic N) is 2. The van der Waals surface area contributed by atoms with Crippen molar-refractivity contribution >= 4 is 11.7 Å². The van der Waals surface area contributed by atoms with Gasteiger partial charge in [-0.2, -0.15) is 0 Å². The van der Waals surface area contributed by atoms with E-state index in [1.165, 1.54) is 25.7 Å². The molecular weight excluding hydrogens is 230 g/mol. The largest absolute Gasteiger partial charge is 0.409 e. The van der Waals surface area contributed by atoms with Crippen LogP contribution in [0.15, 0.2) is 5.16 Å². The molecule has 2 saturated carbocycles. The number of amidine groups is 1. The van der Waals surface area contributed by atoms with Crippen LogP contribution in [0.25, 0.3) is 0 Å². The highest BCUT2D eigenvalue weighted by atomic mass is 16.4. The van der Waals surface area contributed by atoms with Crippen LogP contribution in [0.4, 0.5) is 0 Å². The summed E-state index contributed by atoms with van der Waals surface area (Å²) >= 11 is 0. The molecule has 102 valence electrons. The Morgan fingerprint density at radius 2 is 1.72 bits per heavy atom. The van der Waals surface area contributed by atoms with Crippen LogP contribution in [-0.4, -0.2) is 34.9 Å². The van der Waals surface area contributed by atoms with E-state index in [2.05, 4.69) is 5.16 Å². The Bertz CT molecular complexity index is 343. The lowest BCUT2D eigenvalue weighted by atomic mass is 9.90. The second-order valence-electron chi connectivity index (χ2n) is 6.21. The first kappa shape index (κ1) is 13.2. The number of hydrogen-bond acceptors (Lipinski definition) is 3. The Morgan fingerprint density at radius 1 is 1.28 bits per heavy atom. The highest BCUT2D eigenvalue weighted by molar-refractivity contribution is 6.05. The molecule has 0 unspecified atom stereocenters. The summed E-state index contributed by atoms with van der Waals surface area (Å²) in [6.45, 7) is 5.10. The van der Waals surface area contributed by atoms with Crippen molar-refractivity contribution in [2.24, 2.45) is 28.1 Å². The highest BCUT2D eigenvalue weighted by Gasteiger charge is 2.40. The van der Waals surface area contributed by atoms with E-state index in [0.717, 1.165) is 13.1 Å². The zero-order valence-electron chi connectivity index (χ0n) is 11.2. The Morgan fingerprint density at radius 3 is 2.06 bits per heavy atom. The summed E-state index contributed by atoms with van der Waals surface area (Å²) < 4.78 is 0. The van der Waals surface area contributed by atoms with E-state index >= 15 is 0 Å². The number of oxime groups is 1. The van der Waals surface area contributed by atoms with Gasteiger partial charge >= 0.3 is 0 Å². The Kier molecular flexibility index (Phi) is 3.50. The van der Waals surface area contributed by atoms with E-state index in [9.17, 15) is 4.79 Å². The molecule has 3 N–H and O–H groups in total. The predicted octanol–water partition coefficient (Wildman–Crippen LogP) is 1.41. The van der Waals surface area contributed by atoms with Crippen molar-refractivity contribution in [3.8, 4) is 0 Å². The van der Waals surface area contributed by atoms with Gasteiger partial charge in [-0.15, -0.1) is 0 Å². The number of carbonyl (C=O) groups is 1. The number of amides is 1. The molecular formula is C13H23N3O2. The first-order valence-corrected chi connectivity index (χ1v) is 6.72. The second kappa shape index (κ2) is 4.78. The van der Waals surface area contributed by atoms with Gasteiger partial charge in [0.1, 0.15) is 5.41 Å². The van der Waals surface area contributed by atoms with Crippen LogP contribution < -0.4 is 5.73 Å². The molecule has 0 aromatic heterocycles. The third-order valence-electron chi connectivity index (χ3n) is 3.92. The lowest BCUT2D eigenvalue weighted by Crippen LogP contribution is -2.49. The van der Waals surface area contributed by atoms with Crippen molar-refractivity contribution in [2.45, 2.75) is 39.5 Å². The summed E-state index contributed by atoms with van der Waals surface area (Å²) in [5.41, 5.74) is 4.72. The molecule has 0 aromatic carbocycles. The lowest BCUT2D eigenvalue weighted by molar-refractivity contribution is -0.137. The number of rotatable bonds is 6. The molecule has 2 aliphatic carbocycles. The third kappa shape index (κ3) is 2.94. The molecule has 2 rings (SSSR count). The summed E-state index contributed by atoms with van der Waals surface area (Å²) in [4.78, 5) is 14.5. The smallest absolute Gasteiger partial charge is 0.235 e. The van der Waals surface area contributed by atoms with Gasteiger partial charge in [-0.1, -0.05) is 5.16 Å². The van der Waals surface area contributed by atoms with Crippen LogP contribution in [-0.2, 0) is 4.79 Å². The molecule has 0 bridgehead atoms. The molecule has 0 atom stereocenters. The Hall–Kier alpha value is -1.26. The van der Waals surface area contributed by atoms with Crippen LogP contribution in [0.2, 0.25) is 0 Å². The van der Waals surface area contributed by atoms with Gasteiger partial charge < -0.3 is 15.8 Å². The molecule has 5 heteroatoms. The third-order valence-corrected chi connectivity index (χ3v) is 3.92. The van der Waals surface area contributed by atoms with Crippen molar-refractivity contribution in [3.63, 3.8) is 0 Å². The van der Waals surface area contributed by atoms with Gasteiger partial charge in [0.2, 0.25) is 5.91 Å². The Balaban J connectivity index is 2.04. The SMILES string of the molecule is CC(C)(C(=O)N(CC1CC1)CC1CC1)C(N)=NO. The molecule has 0 saturated heterocycles. The molecule has 0 heterocycles. The van der Waals surface area contributed by atoms with Crippen molar-refractivity contribution in [1.82, 2.24) is 4.90 Å². The fourth-order valence-electron chi connectivity index (χ4n) is 2.09.